The highest BCUT2D eigenvalue weighted by molar-refractivity contribution is 5.94. The summed E-state index contributed by atoms with van der Waals surface area (Å²) in [4.78, 5) is 32.2. The molecule has 1 fully saturated rings. The number of aromatic nitrogens is 3. The average molecular weight is 372 g/mol. The van der Waals surface area contributed by atoms with Crippen LogP contribution in [0.3, 0.4) is 0 Å². The Morgan fingerprint density at radius 2 is 1.81 bits per heavy atom. The molecule has 0 aromatic carbocycles. The minimum atomic E-state index is -0.201. The van der Waals surface area contributed by atoms with Crippen molar-refractivity contribution in [3.8, 4) is 0 Å². The maximum atomic E-state index is 12.4. The molecule has 2 aromatic heterocycles. The SMILES string of the molecule is COCCCn1ccc(NC(=O)N2CCN(C(=O)c3ccncc3)CC2)n1. The number of hydrogen-bond donors (Lipinski definition) is 1. The fourth-order valence-electron chi connectivity index (χ4n) is 2.90. The minimum Gasteiger partial charge on any atom is -0.385 e. The maximum Gasteiger partial charge on any atom is 0.323 e. The number of nitrogens with one attached hydrogen (secondary N) is 1. The second-order valence-corrected chi connectivity index (χ2v) is 6.26. The summed E-state index contributed by atoms with van der Waals surface area (Å²) in [6.07, 6.45) is 5.90. The van der Waals surface area contributed by atoms with Gasteiger partial charge in [-0.2, -0.15) is 5.10 Å². The first-order valence-electron chi connectivity index (χ1n) is 8.95. The molecular formula is C18H24N6O3. The predicted octanol–water partition coefficient (Wildman–Crippen LogP) is 1.30. The molecule has 1 aliphatic heterocycles. The normalized spacial score (nSPS) is 14.3. The van der Waals surface area contributed by atoms with E-state index < -0.39 is 0 Å². The van der Waals surface area contributed by atoms with Crippen molar-refractivity contribution in [2.75, 3.05) is 45.2 Å². The summed E-state index contributed by atoms with van der Waals surface area (Å²) in [7, 11) is 1.67. The Morgan fingerprint density at radius 3 is 2.52 bits per heavy atom. The number of carbonyl (C=O) groups is 2. The van der Waals surface area contributed by atoms with Crippen molar-refractivity contribution in [3.63, 3.8) is 0 Å². The van der Waals surface area contributed by atoms with Crippen molar-refractivity contribution in [2.24, 2.45) is 0 Å². The zero-order chi connectivity index (χ0) is 19.1. The monoisotopic (exact) mass is 372 g/mol. The molecule has 9 heteroatoms. The highest BCUT2D eigenvalue weighted by atomic mass is 16.5. The van der Waals surface area contributed by atoms with E-state index in [9.17, 15) is 9.59 Å². The van der Waals surface area contributed by atoms with Crippen LogP contribution >= 0.6 is 0 Å². The van der Waals surface area contributed by atoms with Gasteiger partial charge in [-0.15, -0.1) is 0 Å². The number of hydrogen-bond acceptors (Lipinski definition) is 5. The van der Waals surface area contributed by atoms with E-state index in [1.807, 2.05) is 6.20 Å². The van der Waals surface area contributed by atoms with E-state index in [-0.39, 0.29) is 11.9 Å². The van der Waals surface area contributed by atoms with Gasteiger partial charge in [0.25, 0.3) is 5.91 Å². The summed E-state index contributed by atoms with van der Waals surface area (Å²) in [6, 6.07) is 4.97. The molecule has 0 saturated carbocycles. The second kappa shape index (κ2) is 9.13. The van der Waals surface area contributed by atoms with Crippen molar-refractivity contribution in [1.29, 1.82) is 0 Å². The summed E-state index contributed by atoms with van der Waals surface area (Å²) in [5.41, 5.74) is 0.613. The number of urea groups is 1. The number of piperazine rings is 1. The van der Waals surface area contributed by atoms with Crippen LogP contribution in [0.4, 0.5) is 10.6 Å². The fourth-order valence-corrected chi connectivity index (χ4v) is 2.90. The van der Waals surface area contributed by atoms with Gasteiger partial charge in [-0.1, -0.05) is 0 Å². The maximum absolute atomic E-state index is 12.4. The van der Waals surface area contributed by atoms with Gasteiger partial charge in [-0.25, -0.2) is 4.79 Å². The predicted molar refractivity (Wildman–Crippen MR) is 99.5 cm³/mol. The lowest BCUT2D eigenvalue weighted by Crippen LogP contribution is -2.51. The lowest BCUT2D eigenvalue weighted by atomic mass is 10.2. The van der Waals surface area contributed by atoms with Gasteiger partial charge in [0.05, 0.1) is 0 Å². The van der Waals surface area contributed by atoms with Crippen molar-refractivity contribution >= 4 is 17.8 Å². The van der Waals surface area contributed by atoms with E-state index in [1.165, 1.54) is 0 Å². The number of aryl methyl sites for hydroxylation is 1. The molecule has 144 valence electrons. The molecule has 0 spiro atoms. The first-order chi connectivity index (χ1) is 13.2. The Bertz CT molecular complexity index is 755. The van der Waals surface area contributed by atoms with Gasteiger partial charge in [-0.3, -0.25) is 19.8 Å². The van der Waals surface area contributed by atoms with Gasteiger partial charge in [0.15, 0.2) is 5.82 Å². The molecule has 0 atom stereocenters. The molecule has 3 heterocycles. The molecular weight excluding hydrogens is 348 g/mol. The van der Waals surface area contributed by atoms with E-state index in [4.69, 9.17) is 4.74 Å². The van der Waals surface area contributed by atoms with E-state index >= 15 is 0 Å². The summed E-state index contributed by atoms with van der Waals surface area (Å²) in [5, 5.41) is 7.14. The first kappa shape index (κ1) is 18.8. The molecule has 9 nitrogen and oxygen atoms in total. The summed E-state index contributed by atoms with van der Waals surface area (Å²) >= 11 is 0. The molecule has 0 bridgehead atoms. The van der Waals surface area contributed by atoms with Crippen LogP contribution in [0.5, 0.6) is 0 Å². The first-order valence-corrected chi connectivity index (χ1v) is 8.95. The zero-order valence-electron chi connectivity index (χ0n) is 15.4. The van der Waals surface area contributed by atoms with Gasteiger partial charge in [-0.05, 0) is 18.6 Å². The fraction of sp³-hybridized carbons (Fsp3) is 0.444. The Hall–Kier alpha value is -2.94. The molecule has 0 aliphatic carbocycles. The van der Waals surface area contributed by atoms with Crippen LogP contribution in [0.1, 0.15) is 16.8 Å². The number of nitrogens with zero attached hydrogens (tertiary/aromatic N) is 5. The Labute approximate surface area is 157 Å². The van der Waals surface area contributed by atoms with Gasteiger partial charge < -0.3 is 14.5 Å². The highest BCUT2D eigenvalue weighted by Crippen LogP contribution is 2.10. The van der Waals surface area contributed by atoms with Gasteiger partial charge in [0, 0.05) is 76.7 Å². The number of methoxy groups -OCH3 is 1. The Morgan fingerprint density at radius 1 is 1.11 bits per heavy atom. The van der Waals surface area contributed by atoms with E-state index in [2.05, 4.69) is 15.4 Å². The molecule has 1 N–H and O–H groups in total. The lowest BCUT2D eigenvalue weighted by molar-refractivity contribution is 0.0671. The molecule has 3 amide bonds. The molecule has 3 rings (SSSR count). The highest BCUT2D eigenvalue weighted by Gasteiger charge is 2.25. The van der Waals surface area contributed by atoms with Crippen LogP contribution in [0.15, 0.2) is 36.8 Å². The van der Waals surface area contributed by atoms with Crippen molar-refractivity contribution in [3.05, 3.63) is 42.4 Å². The standard InChI is InChI=1S/C18H24N6O3/c1-27-14-2-8-24-9-5-16(21-24)20-18(26)23-12-10-22(11-13-23)17(25)15-3-6-19-7-4-15/h3-7,9H,2,8,10-14H2,1H3,(H,20,21,26). The quantitative estimate of drug-likeness (QED) is 0.772. The number of ether oxygens (including phenoxy) is 1. The molecule has 1 saturated heterocycles. The Balaban J connectivity index is 1.46. The number of rotatable bonds is 6. The third-order valence-corrected chi connectivity index (χ3v) is 4.39. The number of anilines is 1. The van der Waals surface area contributed by atoms with Gasteiger partial charge in [0.2, 0.25) is 0 Å². The topological polar surface area (TPSA) is 92.6 Å². The molecule has 0 radical (unpaired) electrons. The molecule has 0 unspecified atom stereocenters. The Kier molecular flexibility index (Phi) is 6.37. The summed E-state index contributed by atoms with van der Waals surface area (Å²) in [5.74, 6) is 0.486. The van der Waals surface area contributed by atoms with Gasteiger partial charge >= 0.3 is 6.03 Å². The third-order valence-electron chi connectivity index (χ3n) is 4.39. The summed E-state index contributed by atoms with van der Waals surface area (Å²) in [6.45, 7) is 3.37. The largest absolute Gasteiger partial charge is 0.385 e. The van der Waals surface area contributed by atoms with Crippen molar-refractivity contribution in [2.45, 2.75) is 13.0 Å². The third kappa shape index (κ3) is 5.04. The van der Waals surface area contributed by atoms with Crippen LogP contribution in [-0.4, -0.2) is 76.4 Å². The average Bonchev–Trinajstić information content (AvgIpc) is 3.15. The smallest absolute Gasteiger partial charge is 0.323 e. The molecule has 1 aliphatic rings. The van der Waals surface area contributed by atoms with E-state index in [0.717, 1.165) is 13.0 Å². The van der Waals surface area contributed by atoms with Crippen molar-refractivity contribution in [1.82, 2.24) is 24.6 Å². The van der Waals surface area contributed by atoms with E-state index in [1.54, 1.807) is 52.2 Å². The van der Waals surface area contributed by atoms with Crippen LogP contribution in [0, 0.1) is 0 Å². The molecule has 27 heavy (non-hydrogen) atoms. The van der Waals surface area contributed by atoms with Crippen molar-refractivity contribution < 1.29 is 14.3 Å². The van der Waals surface area contributed by atoms with E-state index in [0.29, 0.717) is 44.2 Å². The van der Waals surface area contributed by atoms with Crippen LogP contribution in [0.25, 0.3) is 0 Å². The number of amides is 3. The number of pyridine rings is 1. The summed E-state index contributed by atoms with van der Waals surface area (Å²) < 4.78 is 6.80. The lowest BCUT2D eigenvalue weighted by Gasteiger charge is -2.34. The number of carbonyl (C=O) groups excluding carboxylic acids is 2. The van der Waals surface area contributed by atoms with Crippen LogP contribution < -0.4 is 5.32 Å². The molecule has 2 aromatic rings. The van der Waals surface area contributed by atoms with Crippen LogP contribution in [0.2, 0.25) is 0 Å². The van der Waals surface area contributed by atoms with Crippen LogP contribution in [-0.2, 0) is 11.3 Å². The minimum absolute atomic E-state index is 0.0349. The second-order valence-electron chi connectivity index (χ2n) is 6.26. The van der Waals surface area contributed by atoms with Gasteiger partial charge in [0.1, 0.15) is 0 Å². The zero-order valence-corrected chi connectivity index (χ0v) is 15.4.